The van der Waals surface area contributed by atoms with Crippen molar-refractivity contribution in [2.45, 2.75) is 12.8 Å². The highest BCUT2D eigenvalue weighted by Crippen LogP contribution is 2.28. The Morgan fingerprint density at radius 3 is 2.74 bits per heavy atom. The first-order valence-electron chi connectivity index (χ1n) is 6.09. The number of urea groups is 1. The van der Waals surface area contributed by atoms with Gasteiger partial charge in [0.05, 0.1) is 11.9 Å². The Bertz CT molecular complexity index is 477. The van der Waals surface area contributed by atoms with Crippen LogP contribution in [0.5, 0.6) is 0 Å². The number of carbonyl (C=O) groups excluding carboxylic acids is 2. The molecule has 1 saturated carbocycles. The highest BCUT2D eigenvalue weighted by Gasteiger charge is 2.28. The zero-order valence-electron chi connectivity index (χ0n) is 10.3. The molecule has 0 aliphatic heterocycles. The summed E-state index contributed by atoms with van der Waals surface area (Å²) in [6.07, 6.45) is 4.29. The topological polar surface area (TPSA) is 83.1 Å². The number of carbonyl (C=O) groups is 2. The van der Waals surface area contributed by atoms with Gasteiger partial charge in [-0.3, -0.25) is 9.78 Å². The minimum Gasteiger partial charge on any atom is -0.354 e. The monoisotopic (exact) mass is 266 g/mol. The SMILES string of the molecule is O=C(NCCNC(=O)C1CC1)Nc1ccncc1F. The van der Waals surface area contributed by atoms with Gasteiger partial charge in [-0.2, -0.15) is 0 Å². The Balaban J connectivity index is 1.64. The highest BCUT2D eigenvalue weighted by molar-refractivity contribution is 5.89. The third-order valence-corrected chi connectivity index (χ3v) is 2.68. The normalized spacial score (nSPS) is 13.7. The maximum absolute atomic E-state index is 13.2. The van der Waals surface area contributed by atoms with E-state index < -0.39 is 11.8 Å². The number of pyridine rings is 1. The van der Waals surface area contributed by atoms with Crippen molar-refractivity contribution >= 4 is 17.6 Å². The fraction of sp³-hybridized carbons (Fsp3) is 0.417. The number of nitrogens with zero attached hydrogens (tertiary/aromatic N) is 1. The van der Waals surface area contributed by atoms with Crippen LogP contribution in [0, 0.1) is 11.7 Å². The molecule has 0 spiro atoms. The Morgan fingerprint density at radius 1 is 1.32 bits per heavy atom. The van der Waals surface area contributed by atoms with Crippen molar-refractivity contribution in [3.8, 4) is 0 Å². The van der Waals surface area contributed by atoms with Gasteiger partial charge >= 0.3 is 6.03 Å². The lowest BCUT2D eigenvalue weighted by Gasteiger charge is -2.08. The molecule has 7 heteroatoms. The lowest BCUT2D eigenvalue weighted by Crippen LogP contribution is -2.37. The first kappa shape index (κ1) is 13.3. The van der Waals surface area contributed by atoms with Crippen LogP contribution in [-0.4, -0.2) is 30.0 Å². The Morgan fingerprint density at radius 2 is 2.05 bits per heavy atom. The molecule has 19 heavy (non-hydrogen) atoms. The van der Waals surface area contributed by atoms with E-state index >= 15 is 0 Å². The molecule has 1 heterocycles. The summed E-state index contributed by atoms with van der Waals surface area (Å²) < 4.78 is 13.2. The number of hydrogen-bond donors (Lipinski definition) is 3. The van der Waals surface area contributed by atoms with Crippen molar-refractivity contribution in [2.24, 2.45) is 5.92 Å². The molecule has 0 saturated heterocycles. The second-order valence-corrected chi connectivity index (χ2v) is 4.30. The van der Waals surface area contributed by atoms with Gasteiger partial charge in [0, 0.05) is 25.2 Å². The van der Waals surface area contributed by atoms with Gasteiger partial charge in [0.2, 0.25) is 5.91 Å². The van der Waals surface area contributed by atoms with E-state index in [2.05, 4.69) is 20.9 Å². The van der Waals surface area contributed by atoms with Crippen molar-refractivity contribution in [1.82, 2.24) is 15.6 Å². The molecule has 0 radical (unpaired) electrons. The van der Waals surface area contributed by atoms with Crippen LogP contribution in [0.1, 0.15) is 12.8 Å². The maximum atomic E-state index is 13.2. The third kappa shape index (κ3) is 4.20. The fourth-order valence-electron chi connectivity index (χ4n) is 1.49. The average Bonchev–Trinajstić information content (AvgIpc) is 3.21. The molecule has 1 fully saturated rings. The first-order chi connectivity index (χ1) is 9.16. The maximum Gasteiger partial charge on any atom is 0.319 e. The van der Waals surface area contributed by atoms with E-state index in [0.29, 0.717) is 6.54 Å². The van der Waals surface area contributed by atoms with Crippen molar-refractivity contribution in [3.05, 3.63) is 24.3 Å². The number of rotatable bonds is 5. The van der Waals surface area contributed by atoms with Gasteiger partial charge in [-0.25, -0.2) is 9.18 Å². The first-order valence-corrected chi connectivity index (χ1v) is 6.09. The molecular formula is C12H15FN4O2. The van der Waals surface area contributed by atoms with E-state index in [1.54, 1.807) is 0 Å². The quantitative estimate of drug-likeness (QED) is 0.691. The summed E-state index contributed by atoms with van der Waals surface area (Å²) in [6.45, 7) is 0.651. The van der Waals surface area contributed by atoms with Gasteiger partial charge < -0.3 is 16.0 Å². The predicted octanol–water partition coefficient (Wildman–Crippen LogP) is 0.868. The molecule has 102 valence electrons. The minimum absolute atomic E-state index is 0.0300. The number of hydrogen-bond acceptors (Lipinski definition) is 3. The molecule has 1 aliphatic rings. The fourth-order valence-corrected chi connectivity index (χ4v) is 1.49. The summed E-state index contributed by atoms with van der Waals surface area (Å²) in [5.74, 6) is -0.415. The number of aromatic nitrogens is 1. The zero-order chi connectivity index (χ0) is 13.7. The summed E-state index contributed by atoms with van der Waals surface area (Å²) in [5, 5.41) is 7.59. The molecule has 2 rings (SSSR count). The Hall–Kier alpha value is -2.18. The van der Waals surface area contributed by atoms with Crippen LogP contribution in [0.15, 0.2) is 18.5 Å². The minimum atomic E-state index is -0.598. The van der Waals surface area contributed by atoms with Crippen LogP contribution in [-0.2, 0) is 4.79 Å². The smallest absolute Gasteiger partial charge is 0.319 e. The molecule has 0 unspecified atom stereocenters. The van der Waals surface area contributed by atoms with Gasteiger partial charge in [0.25, 0.3) is 0 Å². The van der Waals surface area contributed by atoms with Crippen molar-refractivity contribution in [3.63, 3.8) is 0 Å². The summed E-state index contributed by atoms with van der Waals surface area (Å²) in [5.41, 5.74) is 0.0644. The molecule has 1 aromatic heterocycles. The predicted molar refractivity (Wildman–Crippen MR) is 67.0 cm³/mol. The lowest BCUT2D eigenvalue weighted by atomic mass is 10.4. The van der Waals surface area contributed by atoms with Crippen molar-refractivity contribution in [2.75, 3.05) is 18.4 Å². The molecule has 1 aliphatic carbocycles. The van der Waals surface area contributed by atoms with Crippen LogP contribution < -0.4 is 16.0 Å². The van der Waals surface area contributed by atoms with Gasteiger partial charge in [0.1, 0.15) is 0 Å². The summed E-state index contributed by atoms with van der Waals surface area (Å²) in [7, 11) is 0. The summed E-state index contributed by atoms with van der Waals surface area (Å²) in [4.78, 5) is 26.3. The van der Waals surface area contributed by atoms with Crippen LogP contribution >= 0.6 is 0 Å². The van der Waals surface area contributed by atoms with E-state index in [1.807, 2.05) is 0 Å². The largest absolute Gasteiger partial charge is 0.354 e. The molecule has 1 aromatic rings. The van der Waals surface area contributed by atoms with Gasteiger partial charge in [0.15, 0.2) is 5.82 Å². The molecule has 0 aromatic carbocycles. The van der Waals surface area contributed by atoms with E-state index in [-0.39, 0.29) is 24.1 Å². The number of nitrogens with one attached hydrogen (secondary N) is 3. The molecule has 0 bridgehead atoms. The lowest BCUT2D eigenvalue weighted by molar-refractivity contribution is -0.122. The van der Waals surface area contributed by atoms with Crippen LogP contribution in [0.3, 0.4) is 0 Å². The average molecular weight is 266 g/mol. The van der Waals surface area contributed by atoms with Crippen LogP contribution in [0.4, 0.5) is 14.9 Å². The number of anilines is 1. The third-order valence-electron chi connectivity index (χ3n) is 2.68. The Kier molecular flexibility index (Phi) is 4.27. The van der Waals surface area contributed by atoms with Gasteiger partial charge in [-0.05, 0) is 18.9 Å². The molecule has 3 amide bonds. The molecule has 3 N–H and O–H groups in total. The zero-order valence-corrected chi connectivity index (χ0v) is 10.3. The van der Waals surface area contributed by atoms with Gasteiger partial charge in [-0.1, -0.05) is 0 Å². The molecular weight excluding hydrogens is 251 g/mol. The van der Waals surface area contributed by atoms with Crippen LogP contribution in [0.2, 0.25) is 0 Å². The standard InChI is InChI=1S/C12H15FN4O2/c13-9-7-14-4-3-10(9)17-12(19)16-6-5-15-11(18)8-1-2-8/h3-4,7-8H,1-2,5-6H2,(H,15,18)(H2,14,16,17,19). The summed E-state index contributed by atoms with van der Waals surface area (Å²) >= 11 is 0. The second-order valence-electron chi connectivity index (χ2n) is 4.30. The van der Waals surface area contributed by atoms with E-state index in [4.69, 9.17) is 0 Å². The van der Waals surface area contributed by atoms with E-state index in [9.17, 15) is 14.0 Å². The molecule has 0 atom stereocenters. The highest BCUT2D eigenvalue weighted by atomic mass is 19.1. The second kappa shape index (κ2) is 6.12. The van der Waals surface area contributed by atoms with Crippen molar-refractivity contribution in [1.29, 1.82) is 0 Å². The van der Waals surface area contributed by atoms with E-state index in [1.165, 1.54) is 12.3 Å². The Labute approximate surface area is 109 Å². The molecule has 6 nitrogen and oxygen atoms in total. The van der Waals surface area contributed by atoms with Crippen molar-refractivity contribution < 1.29 is 14.0 Å². The summed E-state index contributed by atoms with van der Waals surface area (Å²) in [6, 6.07) is 0.842. The number of halogens is 1. The van der Waals surface area contributed by atoms with Gasteiger partial charge in [-0.15, -0.1) is 0 Å². The van der Waals surface area contributed by atoms with Crippen LogP contribution in [0.25, 0.3) is 0 Å². The van der Waals surface area contributed by atoms with E-state index in [0.717, 1.165) is 19.0 Å². The number of amides is 3.